The van der Waals surface area contributed by atoms with E-state index in [0.29, 0.717) is 32.7 Å². The Labute approximate surface area is 152 Å². The third-order valence-electron chi connectivity index (χ3n) is 4.80. The van der Waals surface area contributed by atoms with Gasteiger partial charge in [0.05, 0.1) is 39.0 Å². The van der Waals surface area contributed by atoms with Gasteiger partial charge < -0.3 is 19.3 Å². The molecule has 1 aromatic carbocycles. The van der Waals surface area contributed by atoms with E-state index in [1.807, 2.05) is 35.4 Å². The molecule has 4 rings (SSSR count). The number of anilines is 1. The Bertz CT molecular complexity index is 788. The molecule has 0 saturated carbocycles. The Kier molecular flexibility index (Phi) is 4.71. The van der Waals surface area contributed by atoms with E-state index in [0.717, 1.165) is 41.6 Å². The second-order valence-electron chi connectivity index (χ2n) is 6.52. The maximum absolute atomic E-state index is 12.6. The topological polar surface area (TPSA) is 67.8 Å². The van der Waals surface area contributed by atoms with Gasteiger partial charge in [-0.1, -0.05) is 12.1 Å². The third kappa shape index (κ3) is 3.48. The fourth-order valence-electron chi connectivity index (χ4n) is 3.26. The van der Waals surface area contributed by atoms with Crippen molar-refractivity contribution in [2.24, 2.45) is 0 Å². The van der Waals surface area contributed by atoms with Crippen LogP contribution in [0.2, 0.25) is 0 Å². The van der Waals surface area contributed by atoms with Crippen LogP contribution in [0, 0.1) is 0 Å². The van der Waals surface area contributed by atoms with Gasteiger partial charge in [0.1, 0.15) is 5.75 Å². The van der Waals surface area contributed by atoms with Crippen LogP contribution in [0.25, 0.3) is 0 Å². The van der Waals surface area contributed by atoms with Gasteiger partial charge in [0.2, 0.25) is 11.9 Å². The molecule has 3 heterocycles. The molecule has 2 aliphatic rings. The highest BCUT2D eigenvalue weighted by Gasteiger charge is 2.26. The van der Waals surface area contributed by atoms with Crippen molar-refractivity contribution in [2.45, 2.75) is 19.5 Å². The van der Waals surface area contributed by atoms with Crippen LogP contribution in [0.4, 0.5) is 5.95 Å². The molecule has 26 heavy (non-hydrogen) atoms. The second-order valence-corrected chi connectivity index (χ2v) is 6.52. The van der Waals surface area contributed by atoms with Crippen LogP contribution in [0.15, 0.2) is 30.5 Å². The number of carbonyl (C=O) groups excluding carboxylic acids is 1. The van der Waals surface area contributed by atoms with Crippen LogP contribution in [-0.4, -0.2) is 54.2 Å². The van der Waals surface area contributed by atoms with Crippen molar-refractivity contribution in [3.63, 3.8) is 0 Å². The van der Waals surface area contributed by atoms with Crippen molar-refractivity contribution in [1.82, 2.24) is 14.9 Å². The first-order valence-corrected chi connectivity index (χ1v) is 8.81. The van der Waals surface area contributed by atoms with Crippen molar-refractivity contribution in [2.75, 3.05) is 38.3 Å². The van der Waals surface area contributed by atoms with E-state index in [-0.39, 0.29) is 5.91 Å². The zero-order valence-corrected chi connectivity index (χ0v) is 14.9. The molecule has 1 fully saturated rings. The second kappa shape index (κ2) is 7.29. The summed E-state index contributed by atoms with van der Waals surface area (Å²) in [6.07, 6.45) is 2.23. The number of hydrogen-bond donors (Lipinski definition) is 0. The number of aromatic nitrogens is 2. The van der Waals surface area contributed by atoms with Crippen LogP contribution < -0.4 is 9.64 Å². The maximum atomic E-state index is 12.6. The first-order valence-electron chi connectivity index (χ1n) is 8.81. The van der Waals surface area contributed by atoms with E-state index in [9.17, 15) is 4.79 Å². The number of nitrogens with zero attached hydrogens (tertiary/aromatic N) is 4. The molecule has 7 heteroatoms. The third-order valence-corrected chi connectivity index (χ3v) is 4.80. The summed E-state index contributed by atoms with van der Waals surface area (Å²) in [6.45, 7) is 4.13. The highest BCUT2D eigenvalue weighted by Crippen LogP contribution is 2.24. The predicted octanol–water partition coefficient (Wildman–Crippen LogP) is 1.41. The smallest absolute Gasteiger partial charge is 0.227 e. The molecule has 2 aromatic rings. The molecular formula is C19H22N4O3. The minimum absolute atomic E-state index is 0.0982. The van der Waals surface area contributed by atoms with Gasteiger partial charge in [-0.3, -0.25) is 4.79 Å². The number of methoxy groups -OCH3 is 1. The summed E-state index contributed by atoms with van der Waals surface area (Å²) in [5.74, 6) is 1.62. The van der Waals surface area contributed by atoms with Gasteiger partial charge in [0, 0.05) is 31.4 Å². The average molecular weight is 354 g/mol. The van der Waals surface area contributed by atoms with E-state index in [1.165, 1.54) is 0 Å². The summed E-state index contributed by atoms with van der Waals surface area (Å²) in [4.78, 5) is 25.8. The van der Waals surface area contributed by atoms with Crippen LogP contribution >= 0.6 is 0 Å². The molecule has 136 valence electrons. The van der Waals surface area contributed by atoms with E-state index in [1.54, 1.807) is 7.11 Å². The van der Waals surface area contributed by atoms with Crippen molar-refractivity contribution < 1.29 is 14.3 Å². The standard InChI is InChI=1S/C19H22N4O3/c1-25-16-4-2-14(3-5-16)10-18(24)23-12-15-11-20-19(21-17(15)13-23)22-6-8-26-9-7-22/h2-5,11H,6-10,12-13H2,1H3. The number of benzene rings is 1. The number of amides is 1. The number of fused-ring (bicyclic) bond motifs is 1. The predicted molar refractivity (Wildman–Crippen MR) is 96.0 cm³/mol. The van der Waals surface area contributed by atoms with E-state index >= 15 is 0 Å². The molecule has 7 nitrogen and oxygen atoms in total. The molecule has 0 N–H and O–H groups in total. The quantitative estimate of drug-likeness (QED) is 0.827. The van der Waals surface area contributed by atoms with Crippen molar-refractivity contribution in [3.8, 4) is 5.75 Å². The normalized spacial score (nSPS) is 16.5. The highest BCUT2D eigenvalue weighted by atomic mass is 16.5. The number of ether oxygens (including phenoxy) is 2. The summed E-state index contributed by atoms with van der Waals surface area (Å²) < 4.78 is 10.5. The van der Waals surface area contributed by atoms with Crippen molar-refractivity contribution in [3.05, 3.63) is 47.3 Å². The summed E-state index contributed by atoms with van der Waals surface area (Å²) >= 11 is 0. The minimum atomic E-state index is 0.0982. The van der Waals surface area contributed by atoms with Gasteiger partial charge in [-0.05, 0) is 17.7 Å². The molecule has 0 spiro atoms. The highest BCUT2D eigenvalue weighted by molar-refractivity contribution is 5.79. The summed E-state index contributed by atoms with van der Waals surface area (Å²) in [7, 11) is 1.63. The largest absolute Gasteiger partial charge is 0.497 e. The maximum Gasteiger partial charge on any atom is 0.227 e. The fourth-order valence-corrected chi connectivity index (χ4v) is 3.26. The number of carbonyl (C=O) groups is 1. The number of hydrogen-bond acceptors (Lipinski definition) is 6. The van der Waals surface area contributed by atoms with Crippen LogP contribution in [0.5, 0.6) is 5.75 Å². The fraction of sp³-hybridized carbons (Fsp3) is 0.421. The van der Waals surface area contributed by atoms with Crippen LogP contribution in [0.1, 0.15) is 16.8 Å². The minimum Gasteiger partial charge on any atom is -0.497 e. The molecular weight excluding hydrogens is 332 g/mol. The Morgan fingerprint density at radius 1 is 1.19 bits per heavy atom. The SMILES string of the molecule is COc1ccc(CC(=O)N2Cc3cnc(N4CCOCC4)nc3C2)cc1. The molecule has 0 atom stereocenters. The van der Waals surface area contributed by atoms with Gasteiger partial charge in [-0.15, -0.1) is 0 Å². The zero-order valence-electron chi connectivity index (χ0n) is 14.9. The lowest BCUT2D eigenvalue weighted by molar-refractivity contribution is -0.131. The van der Waals surface area contributed by atoms with Gasteiger partial charge >= 0.3 is 0 Å². The molecule has 1 amide bonds. The molecule has 0 bridgehead atoms. The molecule has 0 aliphatic carbocycles. The van der Waals surface area contributed by atoms with E-state index < -0.39 is 0 Å². The van der Waals surface area contributed by atoms with Gasteiger partial charge in [-0.25, -0.2) is 9.97 Å². The molecule has 0 radical (unpaired) electrons. The Balaban J connectivity index is 1.41. The average Bonchev–Trinajstić information content (AvgIpc) is 3.13. The lowest BCUT2D eigenvalue weighted by Crippen LogP contribution is -2.37. The molecule has 0 unspecified atom stereocenters. The zero-order chi connectivity index (χ0) is 17.9. The van der Waals surface area contributed by atoms with E-state index in [2.05, 4.69) is 14.9 Å². The van der Waals surface area contributed by atoms with Crippen molar-refractivity contribution in [1.29, 1.82) is 0 Å². The lowest BCUT2D eigenvalue weighted by atomic mass is 10.1. The molecule has 2 aliphatic heterocycles. The summed E-state index contributed by atoms with van der Waals surface area (Å²) in [5.41, 5.74) is 2.96. The molecule has 1 saturated heterocycles. The monoisotopic (exact) mass is 354 g/mol. The summed E-state index contributed by atoms with van der Waals surface area (Å²) in [6, 6.07) is 7.61. The Hall–Kier alpha value is -2.67. The Morgan fingerprint density at radius 2 is 1.96 bits per heavy atom. The summed E-state index contributed by atoms with van der Waals surface area (Å²) in [5, 5.41) is 0. The first-order chi connectivity index (χ1) is 12.7. The van der Waals surface area contributed by atoms with Crippen LogP contribution in [0.3, 0.4) is 0 Å². The van der Waals surface area contributed by atoms with Crippen molar-refractivity contribution >= 4 is 11.9 Å². The molecule has 1 aromatic heterocycles. The number of rotatable bonds is 4. The lowest BCUT2D eigenvalue weighted by Gasteiger charge is -2.26. The van der Waals surface area contributed by atoms with Gasteiger partial charge in [0.15, 0.2) is 0 Å². The van der Waals surface area contributed by atoms with Gasteiger partial charge in [0.25, 0.3) is 0 Å². The Morgan fingerprint density at radius 3 is 2.69 bits per heavy atom. The van der Waals surface area contributed by atoms with Gasteiger partial charge in [-0.2, -0.15) is 0 Å². The van der Waals surface area contributed by atoms with E-state index in [4.69, 9.17) is 9.47 Å². The van der Waals surface area contributed by atoms with Crippen LogP contribution in [-0.2, 0) is 29.0 Å². The first kappa shape index (κ1) is 16.8. The number of morpholine rings is 1.